The average Bonchev–Trinajstić information content (AvgIpc) is 4.10. The van der Waals surface area contributed by atoms with Gasteiger partial charge in [-0.15, -0.1) is 6.58 Å². The smallest absolute Gasteiger partial charge is 0.259 e. The van der Waals surface area contributed by atoms with E-state index in [0.717, 1.165) is 16.5 Å². The minimum atomic E-state index is -3.87. The number of likely N-dealkylation sites (N-methyl/N-ethyl adjacent to an activating group) is 1. The summed E-state index contributed by atoms with van der Waals surface area (Å²) in [6, 6.07) is 25.1. The average molecular weight is 752 g/mol. The van der Waals surface area contributed by atoms with E-state index in [1.165, 1.54) is 4.90 Å². The number of hydrogen-bond acceptors (Lipinski definition) is 9. The zero-order valence-electron chi connectivity index (χ0n) is 30.6. The molecule has 1 aromatic heterocycles. The van der Waals surface area contributed by atoms with Gasteiger partial charge in [0.25, 0.3) is 5.91 Å². The summed E-state index contributed by atoms with van der Waals surface area (Å²) in [7, 11) is 1.37. The lowest BCUT2D eigenvalue weighted by atomic mass is 10.0. The van der Waals surface area contributed by atoms with E-state index in [1.807, 2.05) is 104 Å². The van der Waals surface area contributed by atoms with E-state index in [2.05, 4.69) is 16.6 Å². The monoisotopic (exact) mass is 751 g/mol. The van der Waals surface area contributed by atoms with E-state index in [0.29, 0.717) is 42.0 Å². The Balaban J connectivity index is 1.21. The van der Waals surface area contributed by atoms with Gasteiger partial charge < -0.3 is 19.7 Å². The van der Waals surface area contributed by atoms with Gasteiger partial charge in [0.2, 0.25) is 21.8 Å². The first-order valence-corrected chi connectivity index (χ1v) is 19.7. The third kappa shape index (κ3) is 7.56. The molecule has 2 unspecified atom stereocenters. The number of nitrogens with one attached hydrogen (secondary N) is 2. The number of hydrogen-bond donors (Lipinski definition) is 2. The Hall–Kier alpha value is -5.27. The maximum atomic E-state index is 14.6. The molecular formula is C41H45N5O7S. The van der Waals surface area contributed by atoms with Crippen molar-refractivity contribution in [3.63, 3.8) is 0 Å². The molecule has 54 heavy (non-hydrogen) atoms. The van der Waals surface area contributed by atoms with E-state index < -0.39 is 56.7 Å². The van der Waals surface area contributed by atoms with Crippen molar-refractivity contribution in [2.45, 2.75) is 61.1 Å². The molecule has 3 fully saturated rings. The fourth-order valence-corrected chi connectivity index (χ4v) is 8.61. The van der Waals surface area contributed by atoms with Gasteiger partial charge in [-0.25, -0.2) is 13.4 Å². The number of benzene rings is 3. The second-order valence-electron chi connectivity index (χ2n) is 14.6. The van der Waals surface area contributed by atoms with Crippen LogP contribution in [0.2, 0.25) is 0 Å². The molecule has 7 rings (SSSR count). The van der Waals surface area contributed by atoms with Crippen molar-refractivity contribution >= 4 is 38.6 Å². The van der Waals surface area contributed by atoms with E-state index in [-0.39, 0.29) is 25.3 Å². The summed E-state index contributed by atoms with van der Waals surface area (Å²) < 4.78 is 39.9. The molecule has 3 amide bonds. The second kappa shape index (κ2) is 14.9. The highest BCUT2D eigenvalue weighted by atomic mass is 32.2. The summed E-state index contributed by atoms with van der Waals surface area (Å²) in [4.78, 5) is 50.8. The number of nitrogens with zero attached hydrogens (tertiary/aromatic N) is 3. The van der Waals surface area contributed by atoms with Crippen LogP contribution < -0.4 is 19.5 Å². The topological polar surface area (TPSA) is 147 Å². The van der Waals surface area contributed by atoms with Crippen LogP contribution in [0.3, 0.4) is 0 Å². The van der Waals surface area contributed by atoms with Crippen LogP contribution in [0.1, 0.15) is 31.2 Å². The molecule has 3 aromatic carbocycles. The number of methoxy groups -OCH3 is 1. The summed E-state index contributed by atoms with van der Waals surface area (Å²) in [5, 5.41) is 3.00. The first-order valence-electron chi connectivity index (χ1n) is 18.1. The molecule has 3 aliphatic rings. The van der Waals surface area contributed by atoms with E-state index >= 15 is 0 Å². The Bertz CT molecular complexity index is 2180. The normalized spacial score (nSPS) is 22.7. The molecule has 13 heteroatoms. The summed E-state index contributed by atoms with van der Waals surface area (Å²) >= 11 is 0. The van der Waals surface area contributed by atoms with Crippen molar-refractivity contribution in [1.29, 1.82) is 0 Å². The van der Waals surface area contributed by atoms with Crippen molar-refractivity contribution in [1.82, 2.24) is 24.8 Å². The predicted octanol–water partition coefficient (Wildman–Crippen LogP) is 4.10. The van der Waals surface area contributed by atoms with Gasteiger partial charge in [-0.1, -0.05) is 66.7 Å². The van der Waals surface area contributed by atoms with Gasteiger partial charge in [-0.2, -0.15) is 0 Å². The van der Waals surface area contributed by atoms with Gasteiger partial charge >= 0.3 is 0 Å². The van der Waals surface area contributed by atoms with Gasteiger partial charge in [0.05, 0.1) is 36.2 Å². The molecule has 0 bridgehead atoms. The minimum Gasteiger partial charge on any atom is -0.497 e. The van der Waals surface area contributed by atoms with Crippen LogP contribution in [0.4, 0.5) is 0 Å². The molecule has 0 radical (unpaired) electrons. The van der Waals surface area contributed by atoms with Crippen molar-refractivity contribution < 1.29 is 32.3 Å². The summed E-state index contributed by atoms with van der Waals surface area (Å²) in [5.74, 6) is -0.936. The Labute approximate surface area is 315 Å². The minimum absolute atomic E-state index is 0.0941. The zero-order valence-corrected chi connectivity index (χ0v) is 31.4. The van der Waals surface area contributed by atoms with Gasteiger partial charge in [0.15, 0.2) is 0 Å². The van der Waals surface area contributed by atoms with Crippen molar-refractivity contribution in [2.24, 2.45) is 5.92 Å². The maximum absolute atomic E-state index is 14.6. The lowest BCUT2D eigenvalue weighted by Crippen LogP contribution is -2.58. The summed E-state index contributed by atoms with van der Waals surface area (Å²) in [6.45, 7) is 3.91. The number of sulfonamides is 1. The van der Waals surface area contributed by atoms with Crippen LogP contribution in [-0.2, 0) is 30.8 Å². The molecule has 2 heterocycles. The summed E-state index contributed by atoms with van der Waals surface area (Å²) in [6.07, 6.45) is 2.62. The quantitative estimate of drug-likeness (QED) is 0.182. The summed E-state index contributed by atoms with van der Waals surface area (Å²) in [5.41, 5.74) is 1.68. The van der Waals surface area contributed by atoms with Crippen LogP contribution >= 0.6 is 0 Å². The van der Waals surface area contributed by atoms with Gasteiger partial charge in [-0.3, -0.25) is 24.0 Å². The van der Waals surface area contributed by atoms with Gasteiger partial charge in [0, 0.05) is 35.4 Å². The van der Waals surface area contributed by atoms with Crippen molar-refractivity contribution in [2.75, 3.05) is 27.7 Å². The Morgan fingerprint density at radius 3 is 2.37 bits per heavy atom. The van der Waals surface area contributed by atoms with Crippen LogP contribution in [0.15, 0.2) is 97.6 Å². The standard InChI is InChI=1S/C41H45N5O7S/c1-5-28-24-41(28,40(49)44-54(50,51)31-17-18-31)43-38(47)35-22-30(25-46(35)39(48)36(45(2)3)20-26-12-8-6-9-13-26)53-37-23-33(27-14-10-7-11-15-27)42-34-21-29(52-4)16-19-32(34)37/h5-16,19,21,23,28,30-31,35-36H,1,17-18,20,22,24-25H2,2-4H3,(H,43,47)(H,44,49)/t28-,30-,35?,36?,41-/m1/s1. The maximum Gasteiger partial charge on any atom is 0.259 e. The second-order valence-corrected chi connectivity index (χ2v) is 16.5. The molecule has 4 aromatic rings. The first kappa shape index (κ1) is 37.1. The SMILES string of the molecule is C=C[C@@H]1C[C@]1(NC(=O)C1C[C@@H](Oc2cc(-c3ccccc3)nc3cc(OC)ccc23)CN1C(=O)C(Cc1ccccc1)N(C)C)C(=O)NS(=O)(=O)C1CC1. The number of fused-ring (bicyclic) bond motifs is 1. The van der Waals surface area contributed by atoms with Gasteiger partial charge in [0.1, 0.15) is 29.2 Å². The Kier molecular flexibility index (Phi) is 10.2. The van der Waals surface area contributed by atoms with Crippen LogP contribution in [-0.4, -0.2) is 97.6 Å². The largest absolute Gasteiger partial charge is 0.497 e. The highest BCUT2D eigenvalue weighted by molar-refractivity contribution is 7.91. The number of pyridine rings is 1. The lowest BCUT2D eigenvalue weighted by molar-refractivity contribution is -0.143. The van der Waals surface area contributed by atoms with E-state index in [9.17, 15) is 22.8 Å². The zero-order chi connectivity index (χ0) is 38.2. The first-order chi connectivity index (χ1) is 25.9. The number of carbonyl (C=O) groups excluding carboxylic acids is 3. The third-order valence-electron chi connectivity index (χ3n) is 10.6. The fraction of sp³-hybridized carbons (Fsp3) is 0.366. The number of likely N-dealkylation sites (tertiary alicyclic amines) is 1. The molecule has 2 aliphatic carbocycles. The van der Waals surface area contributed by atoms with E-state index in [4.69, 9.17) is 14.5 Å². The predicted molar refractivity (Wildman–Crippen MR) is 205 cm³/mol. The number of aromatic nitrogens is 1. The molecule has 5 atom stereocenters. The van der Waals surface area contributed by atoms with E-state index in [1.54, 1.807) is 13.2 Å². The number of carbonyl (C=O) groups is 3. The number of rotatable bonds is 14. The highest BCUT2D eigenvalue weighted by Gasteiger charge is 2.62. The Morgan fingerprint density at radius 1 is 1.04 bits per heavy atom. The fourth-order valence-electron chi connectivity index (χ4n) is 7.25. The lowest BCUT2D eigenvalue weighted by Gasteiger charge is -2.32. The van der Waals surface area contributed by atoms with Crippen LogP contribution in [0.5, 0.6) is 11.5 Å². The Morgan fingerprint density at radius 2 is 1.74 bits per heavy atom. The van der Waals surface area contributed by atoms with Crippen molar-refractivity contribution in [3.8, 4) is 22.8 Å². The molecule has 0 spiro atoms. The van der Waals surface area contributed by atoms with Crippen molar-refractivity contribution in [3.05, 3.63) is 103 Å². The van der Waals surface area contributed by atoms with Crippen LogP contribution in [0.25, 0.3) is 22.2 Å². The molecule has 1 saturated heterocycles. The molecule has 1 aliphatic heterocycles. The van der Waals surface area contributed by atoms with Crippen LogP contribution in [0, 0.1) is 5.92 Å². The van der Waals surface area contributed by atoms with Gasteiger partial charge in [-0.05, 0) is 57.5 Å². The third-order valence-corrected chi connectivity index (χ3v) is 12.4. The molecule has 282 valence electrons. The number of ether oxygens (including phenoxy) is 2. The molecule has 2 N–H and O–H groups in total. The molecular weight excluding hydrogens is 707 g/mol. The number of amides is 3. The molecule has 2 saturated carbocycles. The highest BCUT2D eigenvalue weighted by Crippen LogP contribution is 2.45. The molecule has 12 nitrogen and oxygen atoms in total.